The monoisotopic (exact) mass is 370 g/mol. The van der Waals surface area contributed by atoms with Crippen LogP contribution in [0.1, 0.15) is 12.6 Å². The van der Waals surface area contributed by atoms with E-state index in [1.54, 1.807) is 0 Å². The highest BCUT2D eigenvalue weighted by atomic mass is 15.3. The number of hydrogen-bond donors (Lipinski definition) is 1. The average molecular weight is 371 g/mol. The van der Waals surface area contributed by atoms with Gasteiger partial charge in [0.1, 0.15) is 0 Å². The third-order valence-electron chi connectivity index (χ3n) is 5.26. The van der Waals surface area contributed by atoms with Gasteiger partial charge in [-0.1, -0.05) is 36.9 Å². The van der Waals surface area contributed by atoms with E-state index in [1.165, 1.54) is 16.8 Å². The molecule has 0 saturated carbocycles. The minimum atomic E-state index is 0.963. The van der Waals surface area contributed by atoms with Crippen molar-refractivity contribution in [2.24, 2.45) is 0 Å². The molecule has 0 unspecified atom stereocenters. The number of anilines is 1. The Kier molecular flexibility index (Phi) is 5.29. The molecule has 3 aromatic rings. The van der Waals surface area contributed by atoms with Crippen LogP contribution in [0.5, 0.6) is 0 Å². The van der Waals surface area contributed by atoms with Crippen LogP contribution in [0, 0.1) is 0 Å². The Labute approximate surface area is 166 Å². The standard InChI is InChI=1S/C24H26N4/c1-3-4-9-24(19(2)23-18-20-7-5-6-8-22(20)26-23)28-16-14-27(15-17-28)21-10-12-25-13-11-21/h3-13,18,26H,2,14-17H2,1H3/b4-3-,24-9+. The summed E-state index contributed by atoms with van der Waals surface area (Å²) in [6, 6.07) is 14.7. The first-order valence-electron chi connectivity index (χ1n) is 9.76. The summed E-state index contributed by atoms with van der Waals surface area (Å²) in [5.74, 6) is 0. The van der Waals surface area contributed by atoms with E-state index in [0.717, 1.165) is 43.0 Å². The molecule has 0 amide bonds. The number of hydrogen-bond acceptors (Lipinski definition) is 3. The Morgan fingerprint density at radius 3 is 2.54 bits per heavy atom. The Morgan fingerprint density at radius 1 is 1.07 bits per heavy atom. The lowest BCUT2D eigenvalue weighted by atomic mass is 10.1. The number of aromatic amines is 1. The van der Waals surface area contributed by atoms with Crippen LogP contribution in [0.15, 0.2) is 85.4 Å². The fourth-order valence-electron chi connectivity index (χ4n) is 3.72. The van der Waals surface area contributed by atoms with Crippen molar-refractivity contribution in [3.8, 4) is 0 Å². The molecule has 142 valence electrons. The van der Waals surface area contributed by atoms with Crippen LogP contribution >= 0.6 is 0 Å². The van der Waals surface area contributed by atoms with E-state index in [1.807, 2.05) is 19.3 Å². The van der Waals surface area contributed by atoms with Crippen molar-refractivity contribution in [2.75, 3.05) is 31.1 Å². The predicted octanol–water partition coefficient (Wildman–Crippen LogP) is 4.86. The van der Waals surface area contributed by atoms with Gasteiger partial charge >= 0.3 is 0 Å². The topological polar surface area (TPSA) is 35.2 Å². The normalized spacial score (nSPS) is 15.5. The quantitative estimate of drug-likeness (QED) is 0.652. The Hall–Kier alpha value is -3.27. The molecule has 28 heavy (non-hydrogen) atoms. The molecule has 1 fully saturated rings. The van der Waals surface area contributed by atoms with Crippen molar-refractivity contribution < 1.29 is 0 Å². The first-order chi connectivity index (χ1) is 13.8. The molecule has 0 bridgehead atoms. The van der Waals surface area contributed by atoms with Gasteiger partial charge in [0.05, 0.1) is 0 Å². The summed E-state index contributed by atoms with van der Waals surface area (Å²) in [6.07, 6.45) is 10.0. The lowest BCUT2D eigenvalue weighted by Gasteiger charge is -2.38. The second-order valence-corrected chi connectivity index (χ2v) is 7.01. The number of H-pyrrole nitrogens is 1. The maximum Gasteiger partial charge on any atom is 0.0479 e. The second-order valence-electron chi connectivity index (χ2n) is 7.01. The van der Waals surface area contributed by atoms with Crippen LogP contribution in [0.25, 0.3) is 16.5 Å². The summed E-state index contributed by atoms with van der Waals surface area (Å²) >= 11 is 0. The highest BCUT2D eigenvalue weighted by Crippen LogP contribution is 2.28. The SMILES string of the molecule is C=C(/C(=C\C=C/C)N1CCN(c2ccncc2)CC1)c1cc2ccccc2[nH]1. The van der Waals surface area contributed by atoms with E-state index < -0.39 is 0 Å². The maximum absolute atomic E-state index is 4.43. The van der Waals surface area contributed by atoms with Gasteiger partial charge in [0.15, 0.2) is 0 Å². The molecule has 4 rings (SSSR count). The number of aromatic nitrogens is 2. The first-order valence-corrected chi connectivity index (χ1v) is 9.76. The second kappa shape index (κ2) is 8.17. The summed E-state index contributed by atoms with van der Waals surface area (Å²) in [6.45, 7) is 10.4. The molecule has 3 heterocycles. The lowest BCUT2D eigenvalue weighted by molar-refractivity contribution is 0.333. The summed E-state index contributed by atoms with van der Waals surface area (Å²) < 4.78 is 0. The zero-order valence-corrected chi connectivity index (χ0v) is 16.3. The number of allylic oxidation sites excluding steroid dienone is 4. The molecule has 1 saturated heterocycles. The van der Waals surface area contributed by atoms with E-state index >= 15 is 0 Å². The van der Waals surface area contributed by atoms with Gasteiger partial charge in [-0.25, -0.2) is 0 Å². The van der Waals surface area contributed by atoms with Crippen LogP contribution in [0.4, 0.5) is 5.69 Å². The summed E-state index contributed by atoms with van der Waals surface area (Å²) in [7, 11) is 0. The van der Waals surface area contributed by atoms with Crippen molar-refractivity contribution in [1.82, 2.24) is 14.9 Å². The minimum absolute atomic E-state index is 0.963. The van der Waals surface area contributed by atoms with E-state index in [-0.39, 0.29) is 0 Å². The molecular formula is C24H26N4. The lowest BCUT2D eigenvalue weighted by Crippen LogP contribution is -2.46. The zero-order valence-electron chi connectivity index (χ0n) is 16.3. The smallest absolute Gasteiger partial charge is 0.0479 e. The number of piperazine rings is 1. The molecule has 1 aliphatic rings. The number of pyridine rings is 1. The number of nitrogens with zero attached hydrogens (tertiary/aromatic N) is 3. The van der Waals surface area contributed by atoms with Crippen LogP contribution in [0.3, 0.4) is 0 Å². The Balaban J connectivity index is 1.54. The maximum atomic E-state index is 4.43. The van der Waals surface area contributed by atoms with Gasteiger partial charge in [0.25, 0.3) is 0 Å². The number of nitrogens with one attached hydrogen (secondary N) is 1. The van der Waals surface area contributed by atoms with Gasteiger partial charge in [-0.15, -0.1) is 0 Å². The fraction of sp³-hybridized carbons (Fsp3) is 0.208. The van der Waals surface area contributed by atoms with Crippen molar-refractivity contribution >= 4 is 22.2 Å². The van der Waals surface area contributed by atoms with Gasteiger partial charge in [-0.2, -0.15) is 0 Å². The van der Waals surface area contributed by atoms with Crippen molar-refractivity contribution in [2.45, 2.75) is 6.92 Å². The predicted molar refractivity (Wildman–Crippen MR) is 118 cm³/mol. The summed E-state index contributed by atoms with van der Waals surface area (Å²) in [5.41, 5.74) is 5.67. The highest BCUT2D eigenvalue weighted by Gasteiger charge is 2.21. The molecule has 4 heteroatoms. The Morgan fingerprint density at radius 2 is 1.82 bits per heavy atom. The van der Waals surface area contributed by atoms with Gasteiger partial charge in [-0.05, 0) is 37.3 Å². The van der Waals surface area contributed by atoms with Crippen molar-refractivity contribution in [3.05, 3.63) is 91.1 Å². The van der Waals surface area contributed by atoms with Crippen LogP contribution < -0.4 is 4.90 Å². The largest absolute Gasteiger partial charge is 0.368 e. The van der Waals surface area contributed by atoms with E-state index in [9.17, 15) is 0 Å². The van der Waals surface area contributed by atoms with Crippen molar-refractivity contribution in [3.63, 3.8) is 0 Å². The number of para-hydroxylation sites is 1. The molecular weight excluding hydrogens is 344 g/mol. The van der Waals surface area contributed by atoms with E-state index in [4.69, 9.17) is 0 Å². The average Bonchev–Trinajstić information content (AvgIpc) is 3.19. The molecule has 0 atom stereocenters. The zero-order chi connectivity index (χ0) is 19.3. The highest BCUT2D eigenvalue weighted by molar-refractivity contribution is 5.87. The fourth-order valence-corrected chi connectivity index (χ4v) is 3.72. The number of fused-ring (bicyclic) bond motifs is 1. The van der Waals surface area contributed by atoms with E-state index in [2.05, 4.69) is 87.0 Å². The van der Waals surface area contributed by atoms with Gasteiger partial charge in [0.2, 0.25) is 0 Å². The molecule has 1 aromatic carbocycles. The molecule has 4 nitrogen and oxygen atoms in total. The molecule has 0 aliphatic carbocycles. The molecule has 2 aromatic heterocycles. The van der Waals surface area contributed by atoms with Crippen LogP contribution in [-0.2, 0) is 0 Å². The van der Waals surface area contributed by atoms with Crippen molar-refractivity contribution in [1.29, 1.82) is 0 Å². The van der Waals surface area contributed by atoms with Gasteiger partial charge < -0.3 is 14.8 Å². The summed E-state index contributed by atoms with van der Waals surface area (Å²) in [5, 5.41) is 1.21. The van der Waals surface area contributed by atoms with Crippen LogP contribution in [-0.4, -0.2) is 41.0 Å². The molecule has 1 N–H and O–H groups in total. The minimum Gasteiger partial charge on any atom is -0.368 e. The Bertz CT molecular complexity index is 972. The van der Waals surface area contributed by atoms with Gasteiger partial charge in [-0.3, -0.25) is 4.98 Å². The third-order valence-corrected chi connectivity index (χ3v) is 5.26. The number of rotatable bonds is 5. The first kappa shape index (κ1) is 18.1. The van der Waals surface area contributed by atoms with Crippen LogP contribution in [0.2, 0.25) is 0 Å². The molecule has 1 aliphatic heterocycles. The molecule has 0 spiro atoms. The summed E-state index contributed by atoms with van der Waals surface area (Å²) in [4.78, 5) is 12.5. The number of benzene rings is 1. The van der Waals surface area contributed by atoms with Gasteiger partial charge in [0, 0.05) is 72.1 Å². The molecule has 0 radical (unpaired) electrons. The third kappa shape index (κ3) is 3.72. The van der Waals surface area contributed by atoms with E-state index in [0.29, 0.717) is 0 Å².